The van der Waals surface area contributed by atoms with Crippen molar-refractivity contribution in [2.75, 3.05) is 32.7 Å². The van der Waals surface area contributed by atoms with Gasteiger partial charge >= 0.3 is 0 Å². The molecule has 2 N–H and O–H groups in total. The Kier molecular flexibility index (Phi) is 5.22. The number of β-amino-alcohol motifs (C(OH)–C–C–N with tert-alkyl or cyclic N) is 1. The summed E-state index contributed by atoms with van der Waals surface area (Å²) in [6.07, 6.45) is 1.02. The number of hydrogen-bond donors (Lipinski definition) is 2. The van der Waals surface area contributed by atoms with E-state index >= 15 is 0 Å². The molecule has 1 aliphatic heterocycles. The second-order valence-electron chi connectivity index (χ2n) is 6.36. The minimum Gasteiger partial charge on any atom is -0.390 e. The highest BCUT2D eigenvalue weighted by atomic mass is 16.3. The van der Waals surface area contributed by atoms with Gasteiger partial charge in [-0.1, -0.05) is 27.7 Å². The van der Waals surface area contributed by atoms with Gasteiger partial charge in [-0.3, -0.25) is 0 Å². The number of rotatable bonds is 6. The van der Waals surface area contributed by atoms with Crippen molar-refractivity contribution in [3.8, 4) is 0 Å². The summed E-state index contributed by atoms with van der Waals surface area (Å²) >= 11 is 0. The molecule has 0 aliphatic carbocycles. The lowest BCUT2D eigenvalue weighted by Gasteiger charge is -2.22. The highest BCUT2D eigenvalue weighted by Gasteiger charge is 2.29. The fourth-order valence-corrected chi connectivity index (χ4v) is 2.28. The van der Waals surface area contributed by atoms with Crippen molar-refractivity contribution in [3.05, 3.63) is 0 Å². The Morgan fingerprint density at radius 1 is 1.31 bits per heavy atom. The van der Waals surface area contributed by atoms with Crippen LogP contribution in [0.15, 0.2) is 0 Å². The number of aliphatic hydroxyl groups excluding tert-OH is 1. The van der Waals surface area contributed by atoms with Crippen molar-refractivity contribution in [1.82, 2.24) is 10.2 Å². The number of hydrogen-bond acceptors (Lipinski definition) is 3. The minimum absolute atomic E-state index is 0.229. The van der Waals surface area contributed by atoms with E-state index in [1.54, 1.807) is 0 Å². The van der Waals surface area contributed by atoms with Crippen LogP contribution in [0.3, 0.4) is 0 Å². The molecule has 0 aromatic carbocycles. The second kappa shape index (κ2) is 5.99. The first-order chi connectivity index (χ1) is 7.39. The Balaban J connectivity index is 2.13. The summed E-state index contributed by atoms with van der Waals surface area (Å²) < 4.78 is 0. The van der Waals surface area contributed by atoms with E-state index in [2.05, 4.69) is 37.9 Å². The van der Waals surface area contributed by atoms with Crippen molar-refractivity contribution in [2.45, 2.75) is 40.2 Å². The summed E-state index contributed by atoms with van der Waals surface area (Å²) in [6, 6.07) is 0. The molecule has 0 radical (unpaired) electrons. The zero-order valence-electron chi connectivity index (χ0n) is 11.3. The Bertz CT molecular complexity index is 204. The third-order valence-electron chi connectivity index (χ3n) is 3.16. The van der Waals surface area contributed by atoms with E-state index in [9.17, 15) is 5.11 Å². The summed E-state index contributed by atoms with van der Waals surface area (Å²) in [6.45, 7) is 13.7. The van der Waals surface area contributed by atoms with Gasteiger partial charge in [0.1, 0.15) is 0 Å². The molecule has 0 saturated carbocycles. The lowest BCUT2D eigenvalue weighted by molar-refractivity contribution is 0.118. The Morgan fingerprint density at radius 2 is 2.00 bits per heavy atom. The zero-order valence-corrected chi connectivity index (χ0v) is 11.3. The third-order valence-corrected chi connectivity index (χ3v) is 3.16. The van der Waals surface area contributed by atoms with E-state index in [4.69, 9.17) is 0 Å². The number of likely N-dealkylation sites (tertiary alicyclic amines) is 1. The van der Waals surface area contributed by atoms with Crippen LogP contribution in [-0.2, 0) is 0 Å². The molecule has 0 spiro atoms. The summed E-state index contributed by atoms with van der Waals surface area (Å²) in [5.74, 6) is 0.651. The van der Waals surface area contributed by atoms with Gasteiger partial charge in [0.15, 0.2) is 0 Å². The lowest BCUT2D eigenvalue weighted by Crippen LogP contribution is -2.38. The van der Waals surface area contributed by atoms with Gasteiger partial charge in [-0.2, -0.15) is 0 Å². The molecule has 3 heteroatoms. The van der Waals surface area contributed by atoms with Gasteiger partial charge < -0.3 is 15.3 Å². The molecule has 1 aliphatic rings. The fraction of sp³-hybridized carbons (Fsp3) is 1.00. The topological polar surface area (TPSA) is 35.5 Å². The van der Waals surface area contributed by atoms with Gasteiger partial charge in [-0.25, -0.2) is 0 Å². The summed E-state index contributed by atoms with van der Waals surface area (Å²) in [7, 11) is 0. The summed E-state index contributed by atoms with van der Waals surface area (Å²) in [5.41, 5.74) is 0.436. The predicted molar refractivity (Wildman–Crippen MR) is 68.6 cm³/mol. The second-order valence-corrected chi connectivity index (χ2v) is 6.36. The number of nitrogens with zero attached hydrogens (tertiary/aromatic N) is 1. The van der Waals surface area contributed by atoms with Gasteiger partial charge in [0.25, 0.3) is 0 Å². The van der Waals surface area contributed by atoms with E-state index in [1.807, 2.05) is 0 Å². The van der Waals surface area contributed by atoms with E-state index < -0.39 is 0 Å². The van der Waals surface area contributed by atoms with Crippen molar-refractivity contribution >= 4 is 0 Å². The lowest BCUT2D eigenvalue weighted by atomic mass is 9.93. The van der Waals surface area contributed by atoms with Crippen molar-refractivity contribution < 1.29 is 5.11 Å². The van der Waals surface area contributed by atoms with Gasteiger partial charge in [-0.15, -0.1) is 0 Å². The van der Waals surface area contributed by atoms with Gasteiger partial charge in [0.05, 0.1) is 6.10 Å². The minimum atomic E-state index is -0.229. The van der Waals surface area contributed by atoms with Crippen molar-refractivity contribution in [1.29, 1.82) is 0 Å². The fourth-order valence-electron chi connectivity index (χ4n) is 2.28. The van der Waals surface area contributed by atoms with Gasteiger partial charge in [0, 0.05) is 19.6 Å². The van der Waals surface area contributed by atoms with Crippen LogP contribution in [0.4, 0.5) is 0 Å². The molecule has 1 rings (SSSR count). The molecule has 0 aromatic rings. The Labute approximate surface area is 100 Å². The molecule has 1 saturated heterocycles. The van der Waals surface area contributed by atoms with Crippen LogP contribution in [-0.4, -0.2) is 48.8 Å². The van der Waals surface area contributed by atoms with E-state index in [0.717, 1.165) is 32.7 Å². The largest absolute Gasteiger partial charge is 0.390 e. The van der Waals surface area contributed by atoms with E-state index in [-0.39, 0.29) is 6.10 Å². The molecule has 1 heterocycles. The predicted octanol–water partition coefficient (Wildman–Crippen LogP) is 1.32. The number of aliphatic hydroxyl groups is 1. The van der Waals surface area contributed by atoms with Crippen molar-refractivity contribution in [3.63, 3.8) is 0 Å². The normalized spacial score (nSPS) is 22.9. The van der Waals surface area contributed by atoms with E-state index in [0.29, 0.717) is 11.3 Å². The number of nitrogens with one attached hydrogen (secondary N) is 1. The highest BCUT2D eigenvalue weighted by molar-refractivity contribution is 4.83. The highest BCUT2D eigenvalue weighted by Crippen LogP contribution is 2.28. The Hall–Kier alpha value is -0.120. The van der Waals surface area contributed by atoms with Crippen LogP contribution in [0.2, 0.25) is 0 Å². The molecular formula is C13H28N2O. The standard InChI is InChI=1S/C13H28N2O/c1-11(2)7-14-8-12(16)9-15-6-5-13(3,4)10-15/h11-12,14,16H,5-10H2,1-4H3. The molecule has 96 valence electrons. The first kappa shape index (κ1) is 13.9. The quantitative estimate of drug-likeness (QED) is 0.720. The maximum atomic E-state index is 9.89. The molecule has 0 bridgehead atoms. The summed E-state index contributed by atoms with van der Waals surface area (Å²) in [5, 5.41) is 13.2. The molecule has 1 unspecified atom stereocenters. The molecule has 1 fully saturated rings. The Morgan fingerprint density at radius 3 is 2.50 bits per heavy atom. The molecule has 16 heavy (non-hydrogen) atoms. The monoisotopic (exact) mass is 228 g/mol. The average molecular weight is 228 g/mol. The molecule has 1 atom stereocenters. The van der Waals surface area contributed by atoms with E-state index in [1.165, 1.54) is 6.42 Å². The van der Waals surface area contributed by atoms with Crippen molar-refractivity contribution in [2.24, 2.45) is 11.3 Å². The van der Waals surface area contributed by atoms with Crippen LogP contribution in [0, 0.1) is 11.3 Å². The van der Waals surface area contributed by atoms with Crippen LogP contribution >= 0.6 is 0 Å². The summed E-state index contributed by atoms with van der Waals surface area (Å²) in [4.78, 5) is 2.38. The van der Waals surface area contributed by atoms with Crippen LogP contribution in [0.25, 0.3) is 0 Å². The van der Waals surface area contributed by atoms with Crippen LogP contribution < -0.4 is 5.32 Å². The molecule has 0 amide bonds. The smallest absolute Gasteiger partial charge is 0.0791 e. The van der Waals surface area contributed by atoms with Gasteiger partial charge in [0.2, 0.25) is 0 Å². The molecular weight excluding hydrogens is 200 g/mol. The first-order valence-corrected chi connectivity index (χ1v) is 6.50. The SMILES string of the molecule is CC(C)CNCC(O)CN1CCC(C)(C)C1. The first-order valence-electron chi connectivity index (χ1n) is 6.50. The maximum absolute atomic E-state index is 9.89. The zero-order chi connectivity index (χ0) is 12.2. The van der Waals surface area contributed by atoms with Gasteiger partial charge in [-0.05, 0) is 30.8 Å². The third kappa shape index (κ3) is 5.28. The van der Waals surface area contributed by atoms with Crippen LogP contribution in [0.1, 0.15) is 34.1 Å². The average Bonchev–Trinajstić information content (AvgIpc) is 2.44. The molecule has 3 nitrogen and oxygen atoms in total. The maximum Gasteiger partial charge on any atom is 0.0791 e. The van der Waals surface area contributed by atoms with Crippen LogP contribution in [0.5, 0.6) is 0 Å². The molecule has 0 aromatic heterocycles.